The fourth-order valence-corrected chi connectivity index (χ4v) is 3.19. The van der Waals surface area contributed by atoms with E-state index in [1.165, 1.54) is 10.7 Å². The van der Waals surface area contributed by atoms with Crippen LogP contribution in [-0.4, -0.2) is 29.1 Å². The molecule has 0 saturated carbocycles. The van der Waals surface area contributed by atoms with Crippen molar-refractivity contribution < 1.29 is 4.58 Å². The number of nitrogens with one attached hydrogen (secondary N) is 1. The van der Waals surface area contributed by atoms with Crippen LogP contribution in [0.4, 0.5) is 5.69 Å². The van der Waals surface area contributed by atoms with Gasteiger partial charge < -0.3 is 5.32 Å². The second-order valence-electron chi connectivity index (χ2n) is 5.42. The highest BCUT2D eigenvalue weighted by Gasteiger charge is 2.30. The Morgan fingerprint density at radius 1 is 1.17 bits per heavy atom. The smallest absolute Gasteiger partial charge is 0.179 e. The summed E-state index contributed by atoms with van der Waals surface area (Å²) in [6, 6.07) is 10.3. The molecule has 2 nitrogen and oxygen atoms in total. The van der Waals surface area contributed by atoms with Gasteiger partial charge in [0.1, 0.15) is 14.1 Å². The van der Waals surface area contributed by atoms with Crippen molar-refractivity contribution in [1.29, 1.82) is 0 Å². The number of thioether (sulfide) groups is 1. The number of allylic oxidation sites excluding steroid dienone is 1. The molecule has 1 aromatic rings. The Morgan fingerprint density at radius 2 is 1.83 bits per heavy atom. The summed E-state index contributed by atoms with van der Waals surface area (Å²) >= 11 is 1.91. The molecule has 0 aliphatic carbocycles. The molecule has 0 aromatic heterocycles. The van der Waals surface area contributed by atoms with Crippen LogP contribution in [0.1, 0.15) is 20.3 Å². The number of hydrogen-bond donors (Lipinski definition) is 1. The molecule has 0 amide bonds. The molecule has 1 heterocycles. The zero-order valence-corrected chi connectivity index (χ0v) is 12.3. The first-order chi connectivity index (χ1) is 8.46. The fourth-order valence-electron chi connectivity index (χ4n) is 2.01. The molecule has 96 valence electrons. The Balaban J connectivity index is 2.24. The van der Waals surface area contributed by atoms with Crippen LogP contribution in [0.15, 0.2) is 41.4 Å². The Kier molecular flexibility index (Phi) is 3.81. The van der Waals surface area contributed by atoms with E-state index >= 15 is 0 Å². The Morgan fingerprint density at radius 3 is 2.44 bits per heavy atom. The lowest BCUT2D eigenvalue weighted by atomic mass is 10.0. The first-order valence-electron chi connectivity index (χ1n) is 6.22. The number of anilines is 1. The monoisotopic (exact) mass is 261 g/mol. The lowest BCUT2D eigenvalue weighted by Crippen LogP contribution is -2.29. The van der Waals surface area contributed by atoms with Crippen molar-refractivity contribution in [1.82, 2.24) is 0 Å². The van der Waals surface area contributed by atoms with E-state index in [4.69, 9.17) is 0 Å². The first-order valence-corrected chi connectivity index (χ1v) is 7.04. The van der Waals surface area contributed by atoms with E-state index < -0.39 is 0 Å². The molecule has 2 rings (SSSR count). The van der Waals surface area contributed by atoms with Crippen molar-refractivity contribution in [2.45, 2.75) is 25.0 Å². The lowest BCUT2D eigenvalue weighted by Gasteiger charge is -2.28. The molecule has 0 saturated heterocycles. The van der Waals surface area contributed by atoms with Gasteiger partial charge in [0.2, 0.25) is 0 Å². The fraction of sp³-hybridized carbons (Fsp3) is 0.400. The van der Waals surface area contributed by atoms with Crippen molar-refractivity contribution in [3.05, 3.63) is 41.4 Å². The molecule has 1 aliphatic rings. The van der Waals surface area contributed by atoms with Gasteiger partial charge in [-0.05, 0) is 26.0 Å². The van der Waals surface area contributed by atoms with Crippen LogP contribution >= 0.6 is 11.8 Å². The molecule has 0 bridgehead atoms. The minimum Gasteiger partial charge on any atom is -0.350 e. The van der Waals surface area contributed by atoms with Crippen molar-refractivity contribution in [3.8, 4) is 0 Å². The predicted molar refractivity (Wildman–Crippen MR) is 81.6 cm³/mol. The molecule has 18 heavy (non-hydrogen) atoms. The summed E-state index contributed by atoms with van der Waals surface area (Å²) in [6.45, 7) is 4.58. The maximum absolute atomic E-state index is 3.50. The second-order valence-corrected chi connectivity index (χ2v) is 7.17. The summed E-state index contributed by atoms with van der Waals surface area (Å²) in [4.78, 5) is 0. The van der Waals surface area contributed by atoms with Gasteiger partial charge in [-0.3, -0.25) is 0 Å². The van der Waals surface area contributed by atoms with Crippen LogP contribution in [0, 0.1) is 0 Å². The van der Waals surface area contributed by atoms with Crippen LogP contribution in [0.2, 0.25) is 0 Å². The van der Waals surface area contributed by atoms with Gasteiger partial charge in [0.05, 0.1) is 5.03 Å². The quantitative estimate of drug-likeness (QED) is 0.819. The highest BCUT2D eigenvalue weighted by atomic mass is 32.2. The molecule has 3 heteroatoms. The third-order valence-corrected chi connectivity index (χ3v) is 4.04. The number of benzene rings is 1. The van der Waals surface area contributed by atoms with Gasteiger partial charge in [0.15, 0.2) is 5.71 Å². The van der Waals surface area contributed by atoms with E-state index in [9.17, 15) is 0 Å². The Bertz CT molecular complexity index is 482. The molecule has 0 unspecified atom stereocenters. The number of hydrogen-bond acceptors (Lipinski definition) is 2. The van der Waals surface area contributed by atoms with Crippen LogP contribution < -0.4 is 5.32 Å². The molecule has 0 radical (unpaired) electrons. The largest absolute Gasteiger partial charge is 0.350 e. The maximum atomic E-state index is 3.50. The normalized spacial score (nSPS) is 18.2. The van der Waals surface area contributed by atoms with Crippen LogP contribution in [-0.2, 0) is 0 Å². The van der Waals surface area contributed by atoms with E-state index in [-0.39, 0.29) is 4.75 Å². The zero-order valence-electron chi connectivity index (χ0n) is 11.5. The van der Waals surface area contributed by atoms with Gasteiger partial charge in [-0.1, -0.05) is 18.2 Å². The van der Waals surface area contributed by atoms with E-state index in [0.29, 0.717) is 0 Å². The molecular weight excluding hydrogens is 240 g/mol. The highest BCUT2D eigenvalue weighted by Crippen LogP contribution is 2.38. The van der Waals surface area contributed by atoms with Gasteiger partial charge in [-0.2, -0.15) is 0 Å². The van der Waals surface area contributed by atoms with Gasteiger partial charge in [0.25, 0.3) is 0 Å². The Hall–Kier alpha value is -1.22. The summed E-state index contributed by atoms with van der Waals surface area (Å²) in [5.74, 6) is 0. The average Bonchev–Trinajstić information content (AvgIpc) is 2.28. The third kappa shape index (κ3) is 3.39. The number of nitrogens with zero attached hydrogens (tertiary/aromatic N) is 1. The van der Waals surface area contributed by atoms with Gasteiger partial charge in [-0.25, -0.2) is 4.58 Å². The molecule has 1 aromatic carbocycles. The zero-order chi connectivity index (χ0) is 13.2. The molecule has 0 spiro atoms. The van der Waals surface area contributed by atoms with Crippen LogP contribution in [0.5, 0.6) is 0 Å². The van der Waals surface area contributed by atoms with E-state index in [2.05, 4.69) is 68.2 Å². The van der Waals surface area contributed by atoms with Crippen molar-refractivity contribution >= 4 is 23.2 Å². The maximum Gasteiger partial charge on any atom is 0.179 e. The summed E-state index contributed by atoms with van der Waals surface area (Å²) < 4.78 is 2.44. The number of para-hydroxylation sites is 1. The summed E-state index contributed by atoms with van der Waals surface area (Å²) in [6.07, 6.45) is 3.35. The van der Waals surface area contributed by atoms with Crippen LogP contribution in [0.3, 0.4) is 0 Å². The summed E-state index contributed by atoms with van der Waals surface area (Å²) in [7, 11) is 4.22. The van der Waals surface area contributed by atoms with E-state index in [1.54, 1.807) is 0 Å². The predicted octanol–water partition coefficient (Wildman–Crippen LogP) is 3.57. The molecule has 0 fully saturated rings. The van der Waals surface area contributed by atoms with Gasteiger partial charge >= 0.3 is 0 Å². The lowest BCUT2D eigenvalue weighted by molar-refractivity contribution is -0.465. The topological polar surface area (TPSA) is 15.0 Å². The summed E-state index contributed by atoms with van der Waals surface area (Å²) in [5.41, 5.74) is 2.52. The van der Waals surface area contributed by atoms with Crippen LogP contribution in [0.25, 0.3) is 0 Å². The first kappa shape index (κ1) is 13.2. The third-order valence-electron chi connectivity index (χ3n) is 2.91. The van der Waals surface area contributed by atoms with Crippen molar-refractivity contribution in [2.24, 2.45) is 0 Å². The van der Waals surface area contributed by atoms with Crippen molar-refractivity contribution in [2.75, 3.05) is 19.4 Å². The van der Waals surface area contributed by atoms with Gasteiger partial charge in [0, 0.05) is 22.9 Å². The minimum atomic E-state index is 0.242. The van der Waals surface area contributed by atoms with Crippen molar-refractivity contribution in [3.63, 3.8) is 0 Å². The van der Waals surface area contributed by atoms with E-state index in [0.717, 1.165) is 12.1 Å². The molecule has 1 aliphatic heterocycles. The second kappa shape index (κ2) is 5.19. The molecular formula is C15H21N2S+. The van der Waals surface area contributed by atoms with Gasteiger partial charge in [-0.15, -0.1) is 11.8 Å². The molecule has 0 atom stereocenters. The minimum absolute atomic E-state index is 0.242. The number of rotatable bonds is 2. The average molecular weight is 261 g/mol. The molecule has 1 N–H and O–H groups in total. The highest BCUT2D eigenvalue weighted by molar-refractivity contribution is 8.04. The summed E-state index contributed by atoms with van der Waals surface area (Å²) in [5, 5.41) is 4.72. The SMILES string of the molecule is C[N+](C)=C1C=C(Nc2ccccc2)SC(C)(C)C1. The Labute approximate surface area is 114 Å². The standard InChI is InChI=1S/C15H20N2S/c1-15(2)11-13(17(3)4)10-14(18-15)16-12-8-6-5-7-9-12/h5-10H,11H2,1-4H3/p+1. The van der Waals surface area contributed by atoms with E-state index in [1.807, 2.05) is 17.8 Å².